The normalized spacial score (nSPS) is 17.1. The molecule has 3 nitrogen and oxygen atoms in total. The second kappa shape index (κ2) is 3.93. The highest BCUT2D eigenvalue weighted by atomic mass is 16.3. The lowest BCUT2D eigenvalue weighted by atomic mass is 10.1. The van der Waals surface area contributed by atoms with Crippen LogP contribution in [0.15, 0.2) is 24.3 Å². The molecule has 1 atom stereocenters. The molecule has 1 aromatic rings. The number of carbonyl (C=O) groups excluding carboxylic acids is 1. The van der Waals surface area contributed by atoms with E-state index in [2.05, 4.69) is 5.32 Å². The monoisotopic (exact) mass is 205 g/mol. The van der Waals surface area contributed by atoms with Crippen molar-refractivity contribution in [3.8, 4) is 5.75 Å². The Morgan fingerprint density at radius 3 is 2.73 bits per heavy atom. The molecule has 0 bridgehead atoms. The van der Waals surface area contributed by atoms with Gasteiger partial charge in [0.15, 0.2) is 0 Å². The number of phenolic OH excluding ortho intramolecular Hbond substituents is 1. The number of amides is 1. The summed E-state index contributed by atoms with van der Waals surface area (Å²) in [6.07, 6.45) is 2.39. The van der Waals surface area contributed by atoms with Crippen molar-refractivity contribution in [2.24, 2.45) is 5.92 Å². The van der Waals surface area contributed by atoms with E-state index in [4.69, 9.17) is 0 Å². The van der Waals surface area contributed by atoms with Crippen molar-refractivity contribution in [3.63, 3.8) is 0 Å². The number of carbonyl (C=O) groups is 1. The zero-order valence-corrected chi connectivity index (χ0v) is 8.73. The lowest BCUT2D eigenvalue weighted by Crippen LogP contribution is -2.33. The first kappa shape index (κ1) is 10.0. The molecule has 3 heteroatoms. The van der Waals surface area contributed by atoms with Crippen LogP contribution in [-0.4, -0.2) is 17.1 Å². The number of aromatic hydroxyl groups is 1. The molecule has 0 saturated heterocycles. The standard InChI is InChI=1S/C12H15NO2/c1-8(9-6-7-9)13-12(15)10-4-2-3-5-11(10)14/h2-5,8-9,14H,6-7H2,1H3,(H,13,15). The molecule has 1 unspecified atom stereocenters. The third-order valence-corrected chi connectivity index (χ3v) is 2.84. The second-order valence-corrected chi connectivity index (χ2v) is 4.12. The van der Waals surface area contributed by atoms with Gasteiger partial charge in [-0.3, -0.25) is 4.79 Å². The molecular formula is C12H15NO2. The third-order valence-electron chi connectivity index (χ3n) is 2.84. The van der Waals surface area contributed by atoms with E-state index >= 15 is 0 Å². The van der Waals surface area contributed by atoms with Crippen LogP contribution in [0.4, 0.5) is 0 Å². The van der Waals surface area contributed by atoms with Crippen molar-refractivity contribution in [2.75, 3.05) is 0 Å². The Kier molecular flexibility index (Phi) is 2.62. The number of rotatable bonds is 3. The van der Waals surface area contributed by atoms with Crippen LogP contribution in [0.1, 0.15) is 30.1 Å². The largest absolute Gasteiger partial charge is 0.507 e. The zero-order chi connectivity index (χ0) is 10.8. The zero-order valence-electron chi connectivity index (χ0n) is 8.73. The SMILES string of the molecule is CC(NC(=O)c1ccccc1O)C1CC1. The summed E-state index contributed by atoms with van der Waals surface area (Å²) in [5, 5.41) is 12.4. The molecule has 80 valence electrons. The average Bonchev–Trinajstić information content (AvgIpc) is 3.01. The summed E-state index contributed by atoms with van der Waals surface area (Å²) >= 11 is 0. The van der Waals surface area contributed by atoms with E-state index in [1.807, 2.05) is 6.92 Å². The van der Waals surface area contributed by atoms with Crippen LogP contribution < -0.4 is 5.32 Å². The molecule has 1 saturated carbocycles. The lowest BCUT2D eigenvalue weighted by Gasteiger charge is -2.13. The first-order valence-corrected chi connectivity index (χ1v) is 5.27. The topological polar surface area (TPSA) is 49.3 Å². The van der Waals surface area contributed by atoms with Crippen molar-refractivity contribution < 1.29 is 9.90 Å². The Balaban J connectivity index is 2.04. The molecule has 1 aliphatic rings. The van der Waals surface area contributed by atoms with Gasteiger partial charge in [-0.15, -0.1) is 0 Å². The van der Waals surface area contributed by atoms with Gasteiger partial charge in [0.2, 0.25) is 0 Å². The highest BCUT2D eigenvalue weighted by Gasteiger charge is 2.29. The smallest absolute Gasteiger partial charge is 0.255 e. The fourth-order valence-corrected chi connectivity index (χ4v) is 1.66. The van der Waals surface area contributed by atoms with Gasteiger partial charge in [0.25, 0.3) is 5.91 Å². The molecule has 0 aromatic heterocycles. The average molecular weight is 205 g/mol. The molecular weight excluding hydrogens is 190 g/mol. The van der Waals surface area contributed by atoms with E-state index in [1.54, 1.807) is 18.2 Å². The van der Waals surface area contributed by atoms with Crippen LogP contribution in [0.3, 0.4) is 0 Å². The number of hydrogen-bond donors (Lipinski definition) is 2. The number of nitrogens with one attached hydrogen (secondary N) is 1. The van der Waals surface area contributed by atoms with E-state index in [-0.39, 0.29) is 17.7 Å². The van der Waals surface area contributed by atoms with Crippen LogP contribution >= 0.6 is 0 Å². The van der Waals surface area contributed by atoms with Gasteiger partial charge in [-0.1, -0.05) is 12.1 Å². The molecule has 0 aliphatic heterocycles. The summed E-state index contributed by atoms with van der Waals surface area (Å²) in [4.78, 5) is 11.7. The summed E-state index contributed by atoms with van der Waals surface area (Å²) in [6.45, 7) is 2.01. The van der Waals surface area contributed by atoms with E-state index in [1.165, 1.54) is 18.9 Å². The predicted molar refractivity (Wildman–Crippen MR) is 57.8 cm³/mol. The fourth-order valence-electron chi connectivity index (χ4n) is 1.66. The predicted octanol–water partition coefficient (Wildman–Crippen LogP) is 1.92. The van der Waals surface area contributed by atoms with E-state index in [0.29, 0.717) is 11.5 Å². The quantitative estimate of drug-likeness (QED) is 0.792. The van der Waals surface area contributed by atoms with Crippen molar-refractivity contribution in [2.45, 2.75) is 25.8 Å². The van der Waals surface area contributed by atoms with Crippen LogP contribution in [0.5, 0.6) is 5.75 Å². The first-order chi connectivity index (χ1) is 7.18. The Hall–Kier alpha value is -1.51. The Labute approximate surface area is 89.1 Å². The Bertz CT molecular complexity index is 372. The summed E-state index contributed by atoms with van der Waals surface area (Å²) < 4.78 is 0. The number of benzene rings is 1. The fraction of sp³-hybridized carbons (Fsp3) is 0.417. The minimum atomic E-state index is -0.187. The van der Waals surface area contributed by atoms with Crippen molar-refractivity contribution in [1.29, 1.82) is 0 Å². The molecule has 0 radical (unpaired) electrons. The van der Waals surface area contributed by atoms with Gasteiger partial charge in [-0.05, 0) is 37.8 Å². The molecule has 1 fully saturated rings. The molecule has 1 aliphatic carbocycles. The summed E-state index contributed by atoms with van der Waals surface area (Å²) in [5.74, 6) is 0.477. The highest BCUT2D eigenvalue weighted by molar-refractivity contribution is 5.96. The maximum Gasteiger partial charge on any atom is 0.255 e. The van der Waals surface area contributed by atoms with Gasteiger partial charge in [-0.25, -0.2) is 0 Å². The number of hydrogen-bond acceptors (Lipinski definition) is 2. The molecule has 2 rings (SSSR count). The maximum atomic E-state index is 11.7. The van der Waals surface area contributed by atoms with Gasteiger partial charge in [0.1, 0.15) is 5.75 Å². The van der Waals surface area contributed by atoms with E-state index in [9.17, 15) is 9.90 Å². The molecule has 0 spiro atoms. The van der Waals surface area contributed by atoms with E-state index < -0.39 is 0 Å². The summed E-state index contributed by atoms with van der Waals surface area (Å²) in [7, 11) is 0. The van der Waals surface area contributed by atoms with Crippen LogP contribution in [0.25, 0.3) is 0 Å². The van der Waals surface area contributed by atoms with Gasteiger partial charge >= 0.3 is 0 Å². The van der Waals surface area contributed by atoms with Gasteiger partial charge in [0, 0.05) is 6.04 Å². The molecule has 1 aromatic carbocycles. The Morgan fingerprint density at radius 2 is 2.13 bits per heavy atom. The van der Waals surface area contributed by atoms with Crippen molar-refractivity contribution >= 4 is 5.91 Å². The minimum Gasteiger partial charge on any atom is -0.507 e. The van der Waals surface area contributed by atoms with Gasteiger partial charge < -0.3 is 10.4 Å². The molecule has 2 N–H and O–H groups in total. The number of phenols is 1. The van der Waals surface area contributed by atoms with Crippen LogP contribution in [0.2, 0.25) is 0 Å². The summed E-state index contributed by atoms with van der Waals surface area (Å²) in [6, 6.07) is 6.81. The first-order valence-electron chi connectivity index (χ1n) is 5.27. The van der Waals surface area contributed by atoms with Crippen molar-refractivity contribution in [3.05, 3.63) is 29.8 Å². The number of para-hydroxylation sites is 1. The van der Waals surface area contributed by atoms with Crippen molar-refractivity contribution in [1.82, 2.24) is 5.32 Å². The highest BCUT2D eigenvalue weighted by Crippen LogP contribution is 2.32. The third kappa shape index (κ3) is 2.29. The lowest BCUT2D eigenvalue weighted by molar-refractivity contribution is 0.0933. The summed E-state index contributed by atoms with van der Waals surface area (Å²) in [5.41, 5.74) is 0.352. The minimum absolute atomic E-state index is 0.0398. The molecule has 15 heavy (non-hydrogen) atoms. The van der Waals surface area contributed by atoms with E-state index in [0.717, 1.165) is 0 Å². The Morgan fingerprint density at radius 1 is 1.47 bits per heavy atom. The molecule has 0 heterocycles. The molecule has 1 amide bonds. The van der Waals surface area contributed by atoms with Crippen LogP contribution in [0, 0.1) is 5.92 Å². The van der Waals surface area contributed by atoms with Crippen LogP contribution in [-0.2, 0) is 0 Å². The van der Waals surface area contributed by atoms with Gasteiger partial charge in [-0.2, -0.15) is 0 Å². The maximum absolute atomic E-state index is 11.7. The van der Waals surface area contributed by atoms with Gasteiger partial charge in [0.05, 0.1) is 5.56 Å². The second-order valence-electron chi connectivity index (χ2n) is 4.12.